The quantitative estimate of drug-likeness (QED) is 0.647. The van der Waals surface area contributed by atoms with Gasteiger partial charge in [0, 0.05) is 16.9 Å². The van der Waals surface area contributed by atoms with E-state index in [1.54, 1.807) is 0 Å². The van der Waals surface area contributed by atoms with Gasteiger partial charge in [-0.2, -0.15) is 0 Å². The molecule has 0 aliphatic rings. The lowest BCUT2D eigenvalue weighted by Crippen LogP contribution is -2.20. The average molecular weight is 318 g/mol. The Morgan fingerprint density at radius 1 is 1.09 bits per heavy atom. The minimum Gasteiger partial charge on any atom is -0.480 e. The van der Waals surface area contributed by atoms with E-state index in [2.05, 4.69) is 0 Å². The van der Waals surface area contributed by atoms with Gasteiger partial charge in [0.2, 0.25) is 0 Å². The first-order chi connectivity index (χ1) is 10.5. The molecule has 2 rings (SSSR count). The van der Waals surface area contributed by atoms with Crippen molar-refractivity contribution in [2.75, 3.05) is 0 Å². The molecule has 0 aromatic heterocycles. The molecule has 2 aromatic carbocycles. The second-order valence-corrected chi connectivity index (χ2v) is 6.17. The van der Waals surface area contributed by atoms with Gasteiger partial charge >= 0.3 is 5.97 Å². The van der Waals surface area contributed by atoms with E-state index in [0.29, 0.717) is 5.56 Å². The van der Waals surface area contributed by atoms with E-state index in [0.717, 1.165) is 22.2 Å². The first-order valence-corrected chi connectivity index (χ1v) is 7.58. The average Bonchev–Trinajstić information content (AvgIpc) is 2.49. The van der Waals surface area contributed by atoms with Crippen LogP contribution in [0.3, 0.4) is 0 Å². The summed E-state index contributed by atoms with van der Waals surface area (Å²) >= 11 is 1.14. The van der Waals surface area contributed by atoms with Crippen LogP contribution in [-0.2, 0) is 4.79 Å². The van der Waals surface area contributed by atoms with E-state index in [1.165, 1.54) is 24.3 Å². The summed E-state index contributed by atoms with van der Waals surface area (Å²) in [5.41, 5.74) is 1.40. The molecule has 0 heterocycles. The van der Waals surface area contributed by atoms with Crippen molar-refractivity contribution >= 4 is 23.5 Å². The highest BCUT2D eigenvalue weighted by Crippen LogP contribution is 2.27. The van der Waals surface area contributed by atoms with Crippen LogP contribution >= 0.6 is 11.8 Å². The number of thioether (sulfide) groups is 1. The van der Waals surface area contributed by atoms with Crippen LogP contribution in [0.2, 0.25) is 0 Å². The molecule has 1 atom stereocenters. The van der Waals surface area contributed by atoms with E-state index in [4.69, 9.17) is 0 Å². The Kier molecular flexibility index (Phi) is 5.33. The van der Waals surface area contributed by atoms with Crippen LogP contribution < -0.4 is 0 Å². The molecule has 0 bridgehead atoms. The number of aliphatic carboxylic acids is 1. The lowest BCUT2D eigenvalue weighted by atomic mass is 10.1. The summed E-state index contributed by atoms with van der Waals surface area (Å²) in [4.78, 5) is 24.3. The number of hydrogen-bond acceptors (Lipinski definition) is 3. The third-order valence-electron chi connectivity index (χ3n) is 3.11. The van der Waals surface area contributed by atoms with E-state index in [1.807, 2.05) is 31.2 Å². The maximum Gasteiger partial charge on any atom is 0.317 e. The number of carboxylic acids is 1. The van der Waals surface area contributed by atoms with Crippen molar-refractivity contribution < 1.29 is 19.1 Å². The summed E-state index contributed by atoms with van der Waals surface area (Å²) in [7, 11) is 0. The minimum atomic E-state index is -1.04. The normalized spacial score (nSPS) is 11.9. The van der Waals surface area contributed by atoms with Crippen molar-refractivity contribution in [3.05, 3.63) is 65.5 Å². The molecule has 0 unspecified atom stereocenters. The van der Waals surface area contributed by atoms with Crippen molar-refractivity contribution in [1.29, 1.82) is 0 Å². The zero-order valence-electron chi connectivity index (χ0n) is 12.0. The van der Waals surface area contributed by atoms with E-state index < -0.39 is 17.0 Å². The van der Waals surface area contributed by atoms with Crippen LogP contribution in [0.25, 0.3) is 0 Å². The Morgan fingerprint density at radius 3 is 2.23 bits per heavy atom. The molecule has 0 saturated carbocycles. The Labute approximate surface area is 132 Å². The van der Waals surface area contributed by atoms with Crippen molar-refractivity contribution in [2.24, 2.45) is 0 Å². The molecule has 0 spiro atoms. The number of carbonyl (C=O) groups is 2. The number of rotatable bonds is 6. The van der Waals surface area contributed by atoms with Crippen molar-refractivity contribution in [3.63, 3.8) is 0 Å². The third-order valence-corrected chi connectivity index (χ3v) is 4.31. The second kappa shape index (κ2) is 7.22. The number of carboxylic acid groups (broad SMARTS) is 1. The number of ketones is 1. The number of hydrogen-bond donors (Lipinski definition) is 1. The minimum absolute atomic E-state index is 0.139. The number of halogens is 1. The molecule has 0 aliphatic carbocycles. The molecular formula is C17H15FO3S. The van der Waals surface area contributed by atoms with Crippen LogP contribution in [0.15, 0.2) is 53.4 Å². The van der Waals surface area contributed by atoms with Crippen LogP contribution in [-0.4, -0.2) is 22.1 Å². The third kappa shape index (κ3) is 4.43. The smallest absolute Gasteiger partial charge is 0.317 e. The predicted molar refractivity (Wildman–Crippen MR) is 83.8 cm³/mol. The van der Waals surface area contributed by atoms with Gasteiger partial charge in [0.1, 0.15) is 11.1 Å². The Bertz CT molecular complexity index is 665. The molecule has 0 amide bonds. The van der Waals surface area contributed by atoms with Gasteiger partial charge in [-0.15, -0.1) is 11.8 Å². The fourth-order valence-electron chi connectivity index (χ4n) is 1.88. The van der Waals surface area contributed by atoms with Gasteiger partial charge in [-0.25, -0.2) is 4.39 Å². The fraction of sp³-hybridized carbons (Fsp3) is 0.176. The standard InChI is InChI=1S/C17H15FO3S/c1-11-2-8-14(9-3-11)22-16(17(20)21)10-15(19)12-4-6-13(18)7-5-12/h2-9,16H,10H2,1H3,(H,20,21)/t16-/m1/s1. The summed E-state index contributed by atoms with van der Waals surface area (Å²) in [6, 6.07) is 12.6. The second-order valence-electron chi connectivity index (χ2n) is 4.89. The van der Waals surface area contributed by atoms with Gasteiger partial charge in [0.25, 0.3) is 0 Å². The van der Waals surface area contributed by atoms with Gasteiger partial charge in [-0.1, -0.05) is 17.7 Å². The van der Waals surface area contributed by atoms with E-state index in [9.17, 15) is 19.1 Å². The predicted octanol–water partition coefficient (Wildman–Crippen LogP) is 3.95. The number of aryl methyl sites for hydroxylation is 1. The van der Waals surface area contributed by atoms with Gasteiger partial charge < -0.3 is 5.11 Å². The summed E-state index contributed by atoms with van der Waals surface area (Å²) in [5, 5.41) is 8.42. The van der Waals surface area contributed by atoms with Crippen molar-refractivity contribution in [1.82, 2.24) is 0 Å². The Hall–Kier alpha value is -2.14. The highest BCUT2D eigenvalue weighted by molar-refractivity contribution is 8.00. The Balaban J connectivity index is 2.08. The SMILES string of the molecule is Cc1ccc(S[C@H](CC(=O)c2ccc(F)cc2)C(=O)O)cc1. The Morgan fingerprint density at radius 2 is 1.68 bits per heavy atom. The largest absolute Gasteiger partial charge is 0.480 e. The van der Waals surface area contributed by atoms with Crippen molar-refractivity contribution in [3.8, 4) is 0 Å². The lowest BCUT2D eigenvalue weighted by molar-refractivity contribution is -0.136. The molecule has 0 aliphatic heterocycles. The maximum absolute atomic E-state index is 12.9. The molecule has 0 saturated heterocycles. The van der Waals surface area contributed by atoms with Crippen LogP contribution in [0.1, 0.15) is 22.3 Å². The maximum atomic E-state index is 12.9. The van der Waals surface area contributed by atoms with E-state index in [-0.39, 0.29) is 12.2 Å². The van der Waals surface area contributed by atoms with Gasteiger partial charge in [0.05, 0.1) is 0 Å². The molecule has 22 heavy (non-hydrogen) atoms. The summed E-state index contributed by atoms with van der Waals surface area (Å²) in [5.74, 6) is -1.78. The molecule has 0 fully saturated rings. The first kappa shape index (κ1) is 16.2. The number of carbonyl (C=O) groups excluding carboxylic acids is 1. The summed E-state index contributed by atoms with van der Waals surface area (Å²) in [6.07, 6.45) is -0.139. The highest BCUT2D eigenvalue weighted by atomic mass is 32.2. The van der Waals surface area contributed by atoms with E-state index >= 15 is 0 Å². The molecule has 5 heteroatoms. The van der Waals surface area contributed by atoms with Crippen molar-refractivity contribution in [2.45, 2.75) is 23.5 Å². The molecule has 0 radical (unpaired) electrons. The van der Waals surface area contributed by atoms with Crippen LogP contribution in [0.5, 0.6) is 0 Å². The van der Waals surface area contributed by atoms with Crippen LogP contribution in [0, 0.1) is 12.7 Å². The topological polar surface area (TPSA) is 54.4 Å². The summed E-state index contributed by atoms with van der Waals surface area (Å²) in [6.45, 7) is 1.95. The fourth-order valence-corrected chi connectivity index (χ4v) is 2.84. The first-order valence-electron chi connectivity index (χ1n) is 6.70. The highest BCUT2D eigenvalue weighted by Gasteiger charge is 2.23. The van der Waals surface area contributed by atoms with Gasteiger partial charge in [-0.3, -0.25) is 9.59 Å². The monoisotopic (exact) mass is 318 g/mol. The molecule has 3 nitrogen and oxygen atoms in total. The molecule has 1 N–H and O–H groups in total. The zero-order chi connectivity index (χ0) is 16.1. The number of Topliss-reactive ketones (excluding diaryl/α,β-unsaturated/α-hetero) is 1. The molecule has 2 aromatic rings. The van der Waals surface area contributed by atoms with Gasteiger partial charge in [0.15, 0.2) is 5.78 Å². The van der Waals surface area contributed by atoms with Crippen LogP contribution in [0.4, 0.5) is 4.39 Å². The zero-order valence-corrected chi connectivity index (χ0v) is 12.8. The lowest BCUT2D eigenvalue weighted by Gasteiger charge is -2.11. The number of benzene rings is 2. The van der Waals surface area contributed by atoms with Gasteiger partial charge in [-0.05, 0) is 43.3 Å². The molecular weight excluding hydrogens is 303 g/mol. The summed E-state index contributed by atoms with van der Waals surface area (Å²) < 4.78 is 12.9. The molecule has 114 valence electrons.